The number of hydrogen-bond acceptors (Lipinski definition) is 4. The van der Waals surface area contributed by atoms with Gasteiger partial charge in [-0.25, -0.2) is 0 Å². The Balaban J connectivity index is 1.76. The van der Waals surface area contributed by atoms with Crippen LogP contribution in [0, 0.1) is 0 Å². The molecule has 0 radical (unpaired) electrons. The predicted octanol–water partition coefficient (Wildman–Crippen LogP) is 4.19. The maximum Gasteiger partial charge on any atom is 0.101 e. The van der Waals surface area contributed by atoms with Crippen LogP contribution in [0.4, 0.5) is 0 Å². The smallest absolute Gasteiger partial charge is 0.101 e. The molecule has 1 saturated heterocycles. The van der Waals surface area contributed by atoms with Crippen LogP contribution in [0.2, 0.25) is 0 Å². The van der Waals surface area contributed by atoms with Gasteiger partial charge >= 0.3 is 0 Å². The molecule has 3 nitrogen and oxygen atoms in total. The lowest BCUT2D eigenvalue weighted by Crippen LogP contribution is -2.42. The SMILES string of the molecule is CCCCCC1(OC)CCC2=C3CNCCC3N3CC=CSC1=C23. The Morgan fingerprint density at radius 1 is 1.42 bits per heavy atom. The van der Waals surface area contributed by atoms with E-state index in [1.54, 1.807) is 16.8 Å². The van der Waals surface area contributed by atoms with Gasteiger partial charge in [0, 0.05) is 25.1 Å². The van der Waals surface area contributed by atoms with Crippen molar-refractivity contribution in [2.24, 2.45) is 0 Å². The number of thioether (sulfide) groups is 1. The Bertz CT molecular complexity index is 594. The minimum absolute atomic E-state index is 0.0624. The molecule has 3 heterocycles. The molecule has 0 bridgehead atoms. The molecule has 24 heavy (non-hydrogen) atoms. The molecule has 4 rings (SSSR count). The van der Waals surface area contributed by atoms with E-state index in [9.17, 15) is 0 Å². The zero-order valence-electron chi connectivity index (χ0n) is 15.1. The first-order chi connectivity index (χ1) is 11.8. The molecule has 0 spiro atoms. The van der Waals surface area contributed by atoms with Crippen LogP contribution in [0.1, 0.15) is 51.9 Å². The molecule has 4 aliphatic rings. The lowest BCUT2D eigenvalue weighted by atomic mass is 9.81. The largest absolute Gasteiger partial charge is 0.373 e. The number of nitrogens with zero attached hydrogens (tertiary/aromatic N) is 1. The van der Waals surface area contributed by atoms with Crippen LogP contribution in [0.3, 0.4) is 0 Å². The Labute approximate surface area is 150 Å². The fourth-order valence-corrected chi connectivity index (χ4v) is 6.11. The van der Waals surface area contributed by atoms with Gasteiger partial charge in [-0.1, -0.05) is 44.0 Å². The number of fused-ring (bicyclic) bond motifs is 2. The van der Waals surface area contributed by atoms with Gasteiger partial charge in [-0.3, -0.25) is 0 Å². The van der Waals surface area contributed by atoms with Gasteiger partial charge in [0.1, 0.15) is 5.60 Å². The summed E-state index contributed by atoms with van der Waals surface area (Å²) in [6, 6.07) is 0.623. The first-order valence-corrected chi connectivity index (χ1v) is 10.5. The van der Waals surface area contributed by atoms with E-state index in [0.717, 1.165) is 32.5 Å². The summed E-state index contributed by atoms with van der Waals surface area (Å²) in [6.45, 7) is 5.56. The van der Waals surface area contributed by atoms with Crippen LogP contribution < -0.4 is 5.32 Å². The monoisotopic (exact) mass is 346 g/mol. The van der Waals surface area contributed by atoms with Crippen molar-refractivity contribution in [2.45, 2.75) is 63.5 Å². The molecule has 3 aliphatic heterocycles. The van der Waals surface area contributed by atoms with Crippen molar-refractivity contribution in [3.63, 3.8) is 0 Å². The van der Waals surface area contributed by atoms with Crippen molar-refractivity contribution in [1.82, 2.24) is 10.2 Å². The van der Waals surface area contributed by atoms with Crippen molar-refractivity contribution in [2.75, 3.05) is 26.7 Å². The van der Waals surface area contributed by atoms with E-state index in [0.29, 0.717) is 6.04 Å². The topological polar surface area (TPSA) is 24.5 Å². The molecule has 1 N–H and O–H groups in total. The van der Waals surface area contributed by atoms with Crippen LogP contribution in [0.15, 0.2) is 33.2 Å². The summed E-state index contributed by atoms with van der Waals surface area (Å²) in [5.41, 5.74) is 4.79. The molecule has 0 aromatic rings. The number of methoxy groups -OCH3 is 1. The fraction of sp³-hybridized carbons (Fsp3) is 0.700. The number of allylic oxidation sites excluding steroid dienone is 1. The quantitative estimate of drug-likeness (QED) is 0.754. The van der Waals surface area contributed by atoms with Crippen molar-refractivity contribution >= 4 is 11.8 Å². The van der Waals surface area contributed by atoms with Crippen molar-refractivity contribution in [3.05, 3.63) is 33.2 Å². The molecule has 132 valence electrons. The third-order valence-electron chi connectivity index (χ3n) is 6.22. The van der Waals surface area contributed by atoms with E-state index >= 15 is 0 Å². The third kappa shape index (κ3) is 2.58. The van der Waals surface area contributed by atoms with Crippen molar-refractivity contribution in [3.8, 4) is 0 Å². The number of rotatable bonds is 5. The summed E-state index contributed by atoms with van der Waals surface area (Å²) in [6.07, 6.45) is 10.9. The van der Waals surface area contributed by atoms with Gasteiger partial charge in [-0.15, -0.1) is 0 Å². The van der Waals surface area contributed by atoms with E-state index in [-0.39, 0.29) is 5.60 Å². The first kappa shape index (κ1) is 16.7. The second kappa shape index (κ2) is 6.89. The highest BCUT2D eigenvalue weighted by molar-refractivity contribution is 8.06. The molecule has 0 amide bonds. The van der Waals surface area contributed by atoms with Crippen LogP contribution in [0.5, 0.6) is 0 Å². The average molecular weight is 347 g/mol. The standard InChI is InChI=1S/C20H30N2OS/c1-3-4-5-9-20(23-2)10-7-15-16-14-21-11-8-17(16)22-12-6-13-24-19(20)18(15)22/h6,13,17,21H,3-5,7-12,14H2,1-2H3. The van der Waals surface area contributed by atoms with Gasteiger partial charge in [0.15, 0.2) is 0 Å². The van der Waals surface area contributed by atoms with Crippen LogP contribution in [-0.4, -0.2) is 43.3 Å². The fourth-order valence-electron chi connectivity index (χ4n) is 4.94. The lowest BCUT2D eigenvalue weighted by molar-refractivity contribution is 0.00783. The van der Waals surface area contributed by atoms with E-state index in [1.807, 2.05) is 18.9 Å². The summed E-state index contributed by atoms with van der Waals surface area (Å²) in [5, 5.41) is 5.90. The summed E-state index contributed by atoms with van der Waals surface area (Å²) in [5.74, 6) is 0. The van der Waals surface area contributed by atoms with Crippen molar-refractivity contribution in [1.29, 1.82) is 0 Å². The summed E-state index contributed by atoms with van der Waals surface area (Å²) >= 11 is 1.93. The molecule has 4 heteroatoms. The molecular formula is C20H30N2OS. The second-order valence-electron chi connectivity index (χ2n) is 7.46. The molecule has 2 atom stereocenters. The minimum Gasteiger partial charge on any atom is -0.373 e. The van der Waals surface area contributed by atoms with Crippen LogP contribution in [0.25, 0.3) is 0 Å². The van der Waals surface area contributed by atoms with Crippen LogP contribution >= 0.6 is 11.8 Å². The van der Waals surface area contributed by atoms with Gasteiger partial charge in [0.05, 0.1) is 11.7 Å². The maximum absolute atomic E-state index is 6.25. The van der Waals surface area contributed by atoms with Gasteiger partial charge in [-0.05, 0) is 48.8 Å². The first-order valence-electron chi connectivity index (χ1n) is 9.62. The lowest BCUT2D eigenvalue weighted by Gasteiger charge is -2.41. The molecule has 2 unspecified atom stereocenters. The molecule has 0 aromatic heterocycles. The third-order valence-corrected chi connectivity index (χ3v) is 7.35. The number of hydrogen-bond donors (Lipinski definition) is 1. The Morgan fingerprint density at radius 2 is 2.33 bits per heavy atom. The van der Waals surface area contributed by atoms with Crippen molar-refractivity contribution < 1.29 is 4.74 Å². The van der Waals surface area contributed by atoms with E-state index in [1.165, 1.54) is 37.0 Å². The maximum atomic E-state index is 6.25. The number of piperidine rings is 1. The van der Waals surface area contributed by atoms with Gasteiger partial charge in [0.2, 0.25) is 0 Å². The summed E-state index contributed by atoms with van der Waals surface area (Å²) in [4.78, 5) is 4.18. The molecule has 1 aliphatic carbocycles. The van der Waals surface area contributed by atoms with Gasteiger partial charge in [0.25, 0.3) is 0 Å². The van der Waals surface area contributed by atoms with E-state index in [2.05, 4.69) is 28.6 Å². The highest BCUT2D eigenvalue weighted by Gasteiger charge is 2.47. The highest BCUT2D eigenvalue weighted by Crippen LogP contribution is 2.54. The summed E-state index contributed by atoms with van der Waals surface area (Å²) in [7, 11) is 1.93. The van der Waals surface area contributed by atoms with E-state index < -0.39 is 0 Å². The normalized spacial score (nSPS) is 32.1. The molecule has 0 saturated carbocycles. The number of ether oxygens (including phenoxy) is 1. The highest BCUT2D eigenvalue weighted by atomic mass is 32.2. The van der Waals surface area contributed by atoms with Gasteiger partial charge < -0.3 is 15.0 Å². The number of unbranched alkanes of at least 4 members (excludes halogenated alkanes) is 2. The van der Waals surface area contributed by atoms with Gasteiger partial charge in [-0.2, -0.15) is 0 Å². The molecule has 1 fully saturated rings. The average Bonchev–Trinajstić information content (AvgIpc) is 2.78. The number of nitrogens with one attached hydrogen (secondary N) is 1. The second-order valence-corrected chi connectivity index (χ2v) is 8.38. The molecule has 0 aromatic carbocycles. The molecular weight excluding hydrogens is 316 g/mol. The van der Waals surface area contributed by atoms with E-state index in [4.69, 9.17) is 4.74 Å². The van der Waals surface area contributed by atoms with Crippen LogP contribution in [-0.2, 0) is 4.74 Å². The Morgan fingerprint density at radius 3 is 3.17 bits per heavy atom. The zero-order valence-corrected chi connectivity index (χ0v) is 15.9. The minimum atomic E-state index is -0.0624. The Kier molecular flexibility index (Phi) is 4.81. The predicted molar refractivity (Wildman–Crippen MR) is 102 cm³/mol. The summed E-state index contributed by atoms with van der Waals surface area (Å²) < 4.78 is 6.25. The zero-order chi connectivity index (χ0) is 16.6. The Hall–Kier alpha value is -0.710.